The van der Waals surface area contributed by atoms with Crippen molar-refractivity contribution in [2.45, 2.75) is 19.4 Å². The Labute approximate surface area is 140 Å². The van der Waals surface area contributed by atoms with E-state index in [-0.39, 0.29) is 11.5 Å². The van der Waals surface area contributed by atoms with Crippen LogP contribution in [0.4, 0.5) is 0 Å². The van der Waals surface area contributed by atoms with E-state index < -0.39 is 5.97 Å². The molecule has 0 unspecified atom stereocenters. The second-order valence-corrected chi connectivity index (χ2v) is 5.75. The highest BCUT2D eigenvalue weighted by molar-refractivity contribution is 5.94. The van der Waals surface area contributed by atoms with Gasteiger partial charge in [0.15, 0.2) is 0 Å². The van der Waals surface area contributed by atoms with Gasteiger partial charge in [0, 0.05) is 12.1 Å². The van der Waals surface area contributed by atoms with E-state index in [1.807, 2.05) is 12.1 Å². The van der Waals surface area contributed by atoms with Crippen LogP contribution in [-0.4, -0.2) is 30.1 Å². The highest BCUT2D eigenvalue weighted by atomic mass is 16.5. The maximum atomic E-state index is 12.3. The first-order valence-electron chi connectivity index (χ1n) is 7.94. The Kier molecular flexibility index (Phi) is 4.91. The minimum Gasteiger partial charge on any atom is -0.478 e. The van der Waals surface area contributed by atoms with Crippen LogP contribution < -0.4 is 5.32 Å². The van der Waals surface area contributed by atoms with Crippen LogP contribution in [0.25, 0.3) is 0 Å². The summed E-state index contributed by atoms with van der Waals surface area (Å²) < 4.78 is 5.39. The van der Waals surface area contributed by atoms with Gasteiger partial charge in [0.2, 0.25) is 0 Å². The molecule has 0 atom stereocenters. The predicted octanol–water partition coefficient (Wildman–Crippen LogP) is 2.43. The lowest BCUT2D eigenvalue weighted by Crippen LogP contribution is -2.26. The predicted molar refractivity (Wildman–Crippen MR) is 89.2 cm³/mol. The van der Waals surface area contributed by atoms with E-state index in [0.717, 1.165) is 17.5 Å². The van der Waals surface area contributed by atoms with Crippen LogP contribution in [0.5, 0.6) is 0 Å². The number of aromatic carboxylic acids is 1. The smallest absolute Gasteiger partial charge is 0.335 e. The number of rotatable bonds is 5. The van der Waals surface area contributed by atoms with E-state index >= 15 is 0 Å². The molecule has 1 amide bonds. The molecule has 124 valence electrons. The molecular formula is C19H19NO4. The Morgan fingerprint density at radius 1 is 1.12 bits per heavy atom. The molecule has 24 heavy (non-hydrogen) atoms. The van der Waals surface area contributed by atoms with Crippen molar-refractivity contribution in [3.8, 4) is 0 Å². The molecule has 0 aromatic heterocycles. The van der Waals surface area contributed by atoms with Gasteiger partial charge in [-0.25, -0.2) is 4.79 Å². The minimum absolute atomic E-state index is 0.142. The maximum absolute atomic E-state index is 12.3. The SMILES string of the molecule is O=C(NCCc1ccccc1C(=O)O)c1ccc2c(c1)CCOC2. The van der Waals surface area contributed by atoms with E-state index in [2.05, 4.69) is 5.32 Å². The fourth-order valence-electron chi connectivity index (χ4n) is 2.86. The van der Waals surface area contributed by atoms with Crippen LogP contribution in [0.15, 0.2) is 42.5 Å². The Bertz CT molecular complexity index is 770. The van der Waals surface area contributed by atoms with Crippen LogP contribution in [0.2, 0.25) is 0 Å². The number of carbonyl (C=O) groups is 2. The summed E-state index contributed by atoms with van der Waals surface area (Å²) in [5, 5.41) is 12.0. The van der Waals surface area contributed by atoms with Crippen molar-refractivity contribution in [1.29, 1.82) is 0 Å². The Morgan fingerprint density at radius 3 is 2.79 bits per heavy atom. The molecule has 5 nitrogen and oxygen atoms in total. The Balaban J connectivity index is 1.61. The zero-order valence-corrected chi connectivity index (χ0v) is 13.2. The lowest BCUT2D eigenvalue weighted by Gasteiger charge is -2.17. The second-order valence-electron chi connectivity index (χ2n) is 5.75. The number of hydrogen-bond acceptors (Lipinski definition) is 3. The van der Waals surface area contributed by atoms with Gasteiger partial charge in [-0.05, 0) is 47.7 Å². The summed E-state index contributed by atoms with van der Waals surface area (Å²) >= 11 is 0. The standard InChI is InChI=1S/C19H19NO4/c21-18(15-5-6-16-12-24-10-8-14(16)11-15)20-9-7-13-3-1-2-4-17(13)19(22)23/h1-6,11H,7-10,12H2,(H,20,21)(H,22,23). The number of hydrogen-bond donors (Lipinski definition) is 2. The summed E-state index contributed by atoms with van der Waals surface area (Å²) in [4.78, 5) is 23.5. The van der Waals surface area contributed by atoms with Gasteiger partial charge in [-0.1, -0.05) is 24.3 Å². The molecule has 3 rings (SSSR count). The minimum atomic E-state index is -0.950. The van der Waals surface area contributed by atoms with Crippen LogP contribution >= 0.6 is 0 Å². The lowest BCUT2D eigenvalue weighted by molar-refractivity contribution is 0.0695. The second kappa shape index (κ2) is 7.27. The number of benzene rings is 2. The van der Waals surface area contributed by atoms with Gasteiger partial charge >= 0.3 is 5.97 Å². The van der Waals surface area contributed by atoms with Crippen LogP contribution in [0.3, 0.4) is 0 Å². The van der Waals surface area contributed by atoms with Gasteiger partial charge in [0.25, 0.3) is 5.91 Å². The van der Waals surface area contributed by atoms with Crippen molar-refractivity contribution >= 4 is 11.9 Å². The molecule has 1 aliphatic rings. The fraction of sp³-hybridized carbons (Fsp3) is 0.263. The first kappa shape index (κ1) is 16.2. The van der Waals surface area contributed by atoms with Gasteiger partial charge in [-0.2, -0.15) is 0 Å². The first-order chi connectivity index (χ1) is 11.6. The summed E-state index contributed by atoms with van der Waals surface area (Å²) in [7, 11) is 0. The number of nitrogens with one attached hydrogen (secondary N) is 1. The van der Waals surface area contributed by atoms with Crippen molar-refractivity contribution in [3.63, 3.8) is 0 Å². The van der Waals surface area contributed by atoms with Crippen molar-refractivity contribution < 1.29 is 19.4 Å². The Morgan fingerprint density at radius 2 is 1.96 bits per heavy atom. The first-order valence-corrected chi connectivity index (χ1v) is 7.94. The molecule has 0 saturated carbocycles. The monoisotopic (exact) mass is 325 g/mol. The largest absolute Gasteiger partial charge is 0.478 e. The van der Waals surface area contributed by atoms with Crippen molar-refractivity contribution in [3.05, 3.63) is 70.3 Å². The summed E-state index contributed by atoms with van der Waals surface area (Å²) in [6, 6.07) is 12.5. The van der Waals surface area contributed by atoms with E-state index in [1.165, 1.54) is 0 Å². The number of ether oxygens (including phenoxy) is 1. The molecular weight excluding hydrogens is 306 g/mol. The maximum Gasteiger partial charge on any atom is 0.335 e. The molecule has 2 aromatic carbocycles. The average molecular weight is 325 g/mol. The summed E-state index contributed by atoms with van der Waals surface area (Å²) in [6.07, 6.45) is 1.30. The molecule has 0 spiro atoms. The third-order valence-electron chi connectivity index (χ3n) is 4.17. The van der Waals surface area contributed by atoms with Gasteiger partial charge in [-0.3, -0.25) is 4.79 Å². The highest BCUT2D eigenvalue weighted by Crippen LogP contribution is 2.18. The average Bonchev–Trinajstić information content (AvgIpc) is 2.61. The molecule has 0 saturated heterocycles. The van der Waals surface area contributed by atoms with Gasteiger partial charge < -0.3 is 15.2 Å². The van der Waals surface area contributed by atoms with Gasteiger partial charge in [0.05, 0.1) is 18.8 Å². The molecule has 0 radical (unpaired) electrons. The molecule has 0 aliphatic carbocycles. The summed E-state index contributed by atoms with van der Waals surface area (Å²) in [6.45, 7) is 1.68. The quantitative estimate of drug-likeness (QED) is 0.885. The lowest BCUT2D eigenvalue weighted by atomic mass is 10.00. The third kappa shape index (κ3) is 3.63. The molecule has 1 aliphatic heterocycles. The third-order valence-corrected chi connectivity index (χ3v) is 4.17. The van der Waals surface area contributed by atoms with E-state index in [4.69, 9.17) is 9.84 Å². The molecule has 0 fully saturated rings. The van der Waals surface area contributed by atoms with Gasteiger partial charge in [-0.15, -0.1) is 0 Å². The molecule has 0 bridgehead atoms. The van der Waals surface area contributed by atoms with Crippen LogP contribution in [0, 0.1) is 0 Å². The van der Waals surface area contributed by atoms with Crippen molar-refractivity contribution in [2.24, 2.45) is 0 Å². The van der Waals surface area contributed by atoms with E-state index in [9.17, 15) is 9.59 Å². The molecule has 2 aromatic rings. The topological polar surface area (TPSA) is 75.6 Å². The van der Waals surface area contributed by atoms with Crippen LogP contribution in [0.1, 0.15) is 37.4 Å². The number of carboxylic acids is 1. The fourth-order valence-corrected chi connectivity index (χ4v) is 2.86. The van der Waals surface area contributed by atoms with Crippen molar-refractivity contribution in [1.82, 2.24) is 5.32 Å². The summed E-state index contributed by atoms with van der Waals surface area (Å²) in [5.74, 6) is -1.09. The number of carboxylic acid groups (broad SMARTS) is 1. The number of fused-ring (bicyclic) bond motifs is 1. The van der Waals surface area contributed by atoms with E-state index in [1.54, 1.807) is 30.3 Å². The summed E-state index contributed by atoms with van der Waals surface area (Å²) in [5.41, 5.74) is 3.91. The normalized spacial score (nSPS) is 13.2. The number of carbonyl (C=O) groups excluding carboxylic acids is 1. The number of amides is 1. The van der Waals surface area contributed by atoms with Crippen molar-refractivity contribution in [2.75, 3.05) is 13.2 Å². The van der Waals surface area contributed by atoms with E-state index in [0.29, 0.717) is 37.3 Å². The molecule has 2 N–H and O–H groups in total. The highest BCUT2D eigenvalue weighted by Gasteiger charge is 2.13. The zero-order valence-electron chi connectivity index (χ0n) is 13.2. The molecule has 5 heteroatoms. The molecule has 1 heterocycles. The van der Waals surface area contributed by atoms with Gasteiger partial charge in [0.1, 0.15) is 0 Å². The Hall–Kier alpha value is -2.66. The zero-order chi connectivity index (χ0) is 16.9. The van der Waals surface area contributed by atoms with Crippen LogP contribution in [-0.2, 0) is 24.2 Å².